The lowest BCUT2D eigenvalue weighted by atomic mass is 10.3. The summed E-state index contributed by atoms with van der Waals surface area (Å²) < 4.78 is 3.88. The van der Waals surface area contributed by atoms with Crippen molar-refractivity contribution in [3.63, 3.8) is 0 Å². The summed E-state index contributed by atoms with van der Waals surface area (Å²) in [6.45, 7) is 9.17. The van der Waals surface area contributed by atoms with E-state index < -0.39 is 0 Å². The number of fused-ring (bicyclic) bond motifs is 1. The van der Waals surface area contributed by atoms with E-state index in [9.17, 15) is 0 Å². The molecule has 0 saturated carbocycles. The van der Waals surface area contributed by atoms with Gasteiger partial charge in [-0.05, 0) is 33.3 Å². The van der Waals surface area contributed by atoms with Crippen LogP contribution in [0.3, 0.4) is 0 Å². The third-order valence-electron chi connectivity index (χ3n) is 3.72. The molecule has 0 aliphatic heterocycles. The third-order valence-corrected chi connectivity index (χ3v) is 3.72. The number of aryl methyl sites for hydroxylation is 3. The van der Waals surface area contributed by atoms with Crippen LogP contribution in [0.2, 0.25) is 0 Å². The summed E-state index contributed by atoms with van der Waals surface area (Å²) in [4.78, 5) is 4.57. The van der Waals surface area contributed by atoms with Gasteiger partial charge in [0.05, 0.1) is 18.4 Å². The first-order valence-electron chi connectivity index (χ1n) is 7.68. The van der Waals surface area contributed by atoms with E-state index in [4.69, 9.17) is 0 Å². The van der Waals surface area contributed by atoms with E-state index in [1.54, 1.807) is 6.20 Å². The Morgan fingerprint density at radius 3 is 2.77 bits per heavy atom. The van der Waals surface area contributed by atoms with Gasteiger partial charge in [0, 0.05) is 29.6 Å². The fourth-order valence-electron chi connectivity index (χ4n) is 2.67. The van der Waals surface area contributed by atoms with Crippen molar-refractivity contribution in [3.05, 3.63) is 41.5 Å². The Morgan fingerprint density at radius 1 is 1.27 bits per heavy atom. The number of aromatic nitrogens is 5. The van der Waals surface area contributed by atoms with Crippen molar-refractivity contribution in [2.24, 2.45) is 0 Å². The van der Waals surface area contributed by atoms with Gasteiger partial charge in [-0.15, -0.1) is 0 Å². The second-order valence-electron chi connectivity index (χ2n) is 5.74. The highest BCUT2D eigenvalue weighted by Gasteiger charge is 2.11. The van der Waals surface area contributed by atoms with Gasteiger partial charge in [0.2, 0.25) is 0 Å². The lowest BCUT2D eigenvalue weighted by molar-refractivity contribution is 0.543. The van der Waals surface area contributed by atoms with Crippen molar-refractivity contribution in [2.75, 3.05) is 5.32 Å². The standard InChI is InChI=1S/C16H22N6/c1-5-14-9-16(22-15(19-14)6-7-17-22)18-12(3)10-21-13(4)8-11(2)20-21/h6-9,12,18H,5,10H2,1-4H3/t12-/m0/s1. The van der Waals surface area contributed by atoms with E-state index in [1.807, 2.05) is 22.2 Å². The Kier molecular flexibility index (Phi) is 3.83. The number of hydrogen-bond acceptors (Lipinski definition) is 4. The molecule has 3 aromatic heterocycles. The minimum atomic E-state index is 0.234. The molecule has 22 heavy (non-hydrogen) atoms. The van der Waals surface area contributed by atoms with Crippen LogP contribution in [-0.4, -0.2) is 30.4 Å². The molecule has 0 radical (unpaired) electrons. The van der Waals surface area contributed by atoms with Gasteiger partial charge in [-0.25, -0.2) is 4.98 Å². The van der Waals surface area contributed by atoms with Crippen LogP contribution in [0.4, 0.5) is 5.82 Å². The highest BCUT2D eigenvalue weighted by molar-refractivity contribution is 5.49. The zero-order chi connectivity index (χ0) is 15.7. The van der Waals surface area contributed by atoms with Crippen LogP contribution in [0.5, 0.6) is 0 Å². The van der Waals surface area contributed by atoms with Gasteiger partial charge in [-0.2, -0.15) is 14.7 Å². The minimum Gasteiger partial charge on any atom is -0.366 e. The molecule has 0 aliphatic carbocycles. The maximum Gasteiger partial charge on any atom is 0.157 e. The second kappa shape index (κ2) is 5.79. The maximum atomic E-state index is 4.57. The average molecular weight is 298 g/mol. The number of anilines is 1. The van der Waals surface area contributed by atoms with Crippen molar-refractivity contribution in [2.45, 2.75) is 46.7 Å². The first-order chi connectivity index (χ1) is 10.6. The van der Waals surface area contributed by atoms with Gasteiger partial charge in [-0.3, -0.25) is 4.68 Å². The van der Waals surface area contributed by atoms with Crippen molar-refractivity contribution >= 4 is 11.5 Å². The Labute approximate surface area is 130 Å². The molecule has 1 N–H and O–H groups in total. The largest absolute Gasteiger partial charge is 0.366 e. The zero-order valence-electron chi connectivity index (χ0n) is 13.5. The van der Waals surface area contributed by atoms with E-state index in [1.165, 1.54) is 5.69 Å². The predicted molar refractivity (Wildman–Crippen MR) is 87.2 cm³/mol. The molecule has 0 saturated heterocycles. The van der Waals surface area contributed by atoms with E-state index >= 15 is 0 Å². The summed E-state index contributed by atoms with van der Waals surface area (Å²) in [7, 11) is 0. The molecule has 6 nitrogen and oxygen atoms in total. The van der Waals surface area contributed by atoms with Crippen molar-refractivity contribution in [1.29, 1.82) is 0 Å². The molecule has 0 amide bonds. The fraction of sp³-hybridized carbons (Fsp3) is 0.438. The molecule has 3 heterocycles. The van der Waals surface area contributed by atoms with E-state index in [-0.39, 0.29) is 6.04 Å². The monoisotopic (exact) mass is 298 g/mol. The molecule has 1 atom stereocenters. The van der Waals surface area contributed by atoms with Crippen molar-refractivity contribution < 1.29 is 0 Å². The number of nitrogens with one attached hydrogen (secondary N) is 1. The second-order valence-corrected chi connectivity index (χ2v) is 5.74. The van der Waals surface area contributed by atoms with Gasteiger partial charge < -0.3 is 5.32 Å². The third kappa shape index (κ3) is 2.81. The lowest BCUT2D eigenvalue weighted by Crippen LogP contribution is -2.25. The fourth-order valence-corrected chi connectivity index (χ4v) is 2.67. The van der Waals surface area contributed by atoms with Gasteiger partial charge in [0.25, 0.3) is 0 Å². The minimum absolute atomic E-state index is 0.234. The lowest BCUT2D eigenvalue weighted by Gasteiger charge is -2.17. The summed E-state index contributed by atoms with van der Waals surface area (Å²) >= 11 is 0. The Balaban J connectivity index is 1.83. The highest BCUT2D eigenvalue weighted by atomic mass is 15.3. The molecular weight excluding hydrogens is 276 g/mol. The van der Waals surface area contributed by atoms with Crippen LogP contribution in [-0.2, 0) is 13.0 Å². The van der Waals surface area contributed by atoms with Crippen LogP contribution in [0, 0.1) is 13.8 Å². The predicted octanol–water partition coefficient (Wildman–Crippen LogP) is 2.61. The van der Waals surface area contributed by atoms with Gasteiger partial charge >= 0.3 is 0 Å². The molecule has 0 bridgehead atoms. The molecule has 3 rings (SSSR count). The van der Waals surface area contributed by atoms with Gasteiger partial charge in [0.1, 0.15) is 5.82 Å². The van der Waals surface area contributed by atoms with Gasteiger partial charge in [0.15, 0.2) is 5.65 Å². The Morgan fingerprint density at radius 2 is 2.09 bits per heavy atom. The molecule has 0 spiro atoms. The molecule has 0 aliphatic rings. The summed E-state index contributed by atoms with van der Waals surface area (Å²) in [5, 5.41) is 12.4. The van der Waals surface area contributed by atoms with Gasteiger partial charge in [-0.1, -0.05) is 6.92 Å². The summed E-state index contributed by atoms with van der Waals surface area (Å²) in [5.41, 5.74) is 4.17. The van der Waals surface area contributed by atoms with Crippen LogP contribution in [0.1, 0.15) is 30.9 Å². The summed E-state index contributed by atoms with van der Waals surface area (Å²) in [6.07, 6.45) is 2.68. The Bertz CT molecular complexity index is 785. The first kappa shape index (κ1) is 14.6. The number of hydrogen-bond donors (Lipinski definition) is 1. The summed E-state index contributed by atoms with van der Waals surface area (Å²) in [5.74, 6) is 0.973. The first-order valence-corrected chi connectivity index (χ1v) is 7.68. The zero-order valence-corrected chi connectivity index (χ0v) is 13.5. The molecule has 0 aromatic carbocycles. The quantitative estimate of drug-likeness (QED) is 0.786. The number of nitrogens with zero attached hydrogens (tertiary/aromatic N) is 5. The molecule has 0 unspecified atom stereocenters. The van der Waals surface area contributed by atoms with E-state index in [0.29, 0.717) is 0 Å². The molecule has 116 valence electrons. The van der Waals surface area contributed by atoms with E-state index in [0.717, 1.165) is 35.8 Å². The topological polar surface area (TPSA) is 60.0 Å². The Hall–Kier alpha value is -2.37. The average Bonchev–Trinajstić information content (AvgIpc) is 3.05. The normalized spacial score (nSPS) is 12.7. The highest BCUT2D eigenvalue weighted by Crippen LogP contribution is 2.14. The molecule has 3 aromatic rings. The van der Waals surface area contributed by atoms with Crippen LogP contribution in [0.25, 0.3) is 5.65 Å². The van der Waals surface area contributed by atoms with Crippen molar-refractivity contribution in [3.8, 4) is 0 Å². The summed E-state index contributed by atoms with van der Waals surface area (Å²) in [6, 6.07) is 6.32. The molecular formula is C16H22N6. The van der Waals surface area contributed by atoms with Crippen molar-refractivity contribution in [1.82, 2.24) is 24.4 Å². The molecule has 6 heteroatoms. The van der Waals surface area contributed by atoms with Crippen LogP contribution < -0.4 is 5.32 Å². The van der Waals surface area contributed by atoms with E-state index in [2.05, 4.69) is 53.4 Å². The maximum absolute atomic E-state index is 4.57. The smallest absolute Gasteiger partial charge is 0.157 e. The SMILES string of the molecule is CCc1cc(N[C@@H](C)Cn2nc(C)cc2C)n2nccc2n1. The van der Waals surface area contributed by atoms with Crippen LogP contribution in [0.15, 0.2) is 24.4 Å². The number of rotatable bonds is 5. The van der Waals surface area contributed by atoms with Crippen LogP contribution >= 0.6 is 0 Å². The molecule has 0 fully saturated rings.